The minimum absolute atomic E-state index is 0.00873. The summed E-state index contributed by atoms with van der Waals surface area (Å²) >= 11 is 0. The van der Waals surface area contributed by atoms with E-state index in [0.29, 0.717) is 5.52 Å². The minimum atomic E-state index is -0.127. The van der Waals surface area contributed by atoms with Gasteiger partial charge in [0.1, 0.15) is 5.52 Å². The molecule has 21 heavy (non-hydrogen) atoms. The number of nitrogens with zero attached hydrogens (tertiary/aromatic N) is 2. The van der Waals surface area contributed by atoms with Crippen molar-refractivity contribution in [1.29, 1.82) is 0 Å². The molecule has 0 amide bonds. The molecule has 1 aliphatic rings. The van der Waals surface area contributed by atoms with Crippen LogP contribution in [0.3, 0.4) is 0 Å². The molecule has 2 aromatic heterocycles. The zero-order valence-corrected chi connectivity index (χ0v) is 12.3. The second-order valence-electron chi connectivity index (χ2n) is 5.72. The minimum Gasteiger partial charge on any atom is -0.393 e. The molecular formula is C15H22N4O2. The van der Waals surface area contributed by atoms with Crippen molar-refractivity contribution in [3.8, 4) is 0 Å². The number of aromatic amines is 1. The van der Waals surface area contributed by atoms with Gasteiger partial charge in [0, 0.05) is 51.0 Å². The number of aliphatic hydroxyl groups excluding tert-OH is 1. The Hall–Kier alpha value is -1.79. The molecule has 1 fully saturated rings. The van der Waals surface area contributed by atoms with Gasteiger partial charge in [-0.3, -0.25) is 4.79 Å². The van der Waals surface area contributed by atoms with Gasteiger partial charge < -0.3 is 24.9 Å². The van der Waals surface area contributed by atoms with Gasteiger partial charge in [-0.15, -0.1) is 0 Å². The zero-order valence-electron chi connectivity index (χ0n) is 12.3. The summed E-state index contributed by atoms with van der Waals surface area (Å²) in [7, 11) is 1.76. The van der Waals surface area contributed by atoms with Gasteiger partial charge in [-0.05, 0) is 18.9 Å². The van der Waals surface area contributed by atoms with E-state index in [1.165, 1.54) is 0 Å². The van der Waals surface area contributed by atoms with Crippen molar-refractivity contribution >= 4 is 16.6 Å². The van der Waals surface area contributed by atoms with Crippen LogP contribution in [-0.2, 0) is 7.05 Å². The number of hydrogen-bond acceptors (Lipinski definition) is 4. The largest absolute Gasteiger partial charge is 0.393 e. The van der Waals surface area contributed by atoms with E-state index in [-0.39, 0.29) is 11.7 Å². The second kappa shape index (κ2) is 5.91. The summed E-state index contributed by atoms with van der Waals surface area (Å²) in [4.78, 5) is 17.3. The number of aliphatic hydroxyl groups is 1. The Morgan fingerprint density at radius 2 is 2.19 bits per heavy atom. The number of aryl methyl sites for hydroxylation is 1. The number of rotatable bonds is 4. The van der Waals surface area contributed by atoms with E-state index < -0.39 is 0 Å². The Labute approximate surface area is 123 Å². The molecule has 1 saturated heterocycles. The summed E-state index contributed by atoms with van der Waals surface area (Å²) in [6.07, 6.45) is 5.24. The molecule has 2 aromatic rings. The van der Waals surface area contributed by atoms with Crippen LogP contribution in [0.5, 0.6) is 0 Å². The first kappa shape index (κ1) is 14.2. The first-order valence-corrected chi connectivity index (χ1v) is 7.46. The van der Waals surface area contributed by atoms with Crippen LogP contribution < -0.4 is 10.9 Å². The van der Waals surface area contributed by atoms with Crippen molar-refractivity contribution in [3.05, 3.63) is 28.8 Å². The zero-order chi connectivity index (χ0) is 14.8. The third-order valence-electron chi connectivity index (χ3n) is 4.19. The number of fused-ring (bicyclic) bond motifs is 1. The Morgan fingerprint density at radius 1 is 1.43 bits per heavy atom. The van der Waals surface area contributed by atoms with Crippen LogP contribution in [0.25, 0.3) is 10.9 Å². The molecular weight excluding hydrogens is 268 g/mol. The maximum Gasteiger partial charge on any atom is 0.274 e. The quantitative estimate of drug-likeness (QED) is 0.776. The van der Waals surface area contributed by atoms with Gasteiger partial charge in [0.2, 0.25) is 0 Å². The third kappa shape index (κ3) is 2.96. The van der Waals surface area contributed by atoms with Crippen LogP contribution in [0.15, 0.2) is 23.3 Å². The fourth-order valence-corrected chi connectivity index (χ4v) is 2.90. The highest BCUT2D eigenvalue weighted by molar-refractivity contribution is 5.90. The average Bonchev–Trinajstić information content (AvgIpc) is 2.96. The lowest BCUT2D eigenvalue weighted by Gasteiger charge is -2.29. The van der Waals surface area contributed by atoms with E-state index in [1.807, 2.05) is 12.3 Å². The predicted molar refractivity (Wildman–Crippen MR) is 83.7 cm³/mol. The van der Waals surface area contributed by atoms with Crippen molar-refractivity contribution in [2.24, 2.45) is 7.05 Å². The Balaban J connectivity index is 1.64. The van der Waals surface area contributed by atoms with Gasteiger partial charge in [0.05, 0.1) is 11.8 Å². The molecule has 1 aliphatic heterocycles. The molecule has 6 heteroatoms. The van der Waals surface area contributed by atoms with Crippen molar-refractivity contribution < 1.29 is 5.11 Å². The Morgan fingerprint density at radius 3 is 2.95 bits per heavy atom. The summed E-state index contributed by atoms with van der Waals surface area (Å²) in [5, 5.41) is 13.9. The van der Waals surface area contributed by atoms with E-state index in [4.69, 9.17) is 0 Å². The maximum atomic E-state index is 12.0. The molecule has 0 unspecified atom stereocenters. The van der Waals surface area contributed by atoms with Gasteiger partial charge in [-0.25, -0.2) is 0 Å². The monoisotopic (exact) mass is 290 g/mol. The molecule has 0 atom stereocenters. The third-order valence-corrected chi connectivity index (χ3v) is 4.19. The Kier molecular flexibility index (Phi) is 3.98. The summed E-state index contributed by atoms with van der Waals surface area (Å²) in [5.74, 6) is 0. The number of anilines is 1. The molecule has 0 spiro atoms. The van der Waals surface area contributed by atoms with Crippen molar-refractivity contribution in [3.63, 3.8) is 0 Å². The summed E-state index contributed by atoms with van der Waals surface area (Å²) in [6.45, 7) is 3.68. The lowest BCUT2D eigenvalue weighted by Crippen LogP contribution is -2.38. The molecule has 0 aliphatic carbocycles. The van der Waals surface area contributed by atoms with E-state index in [1.54, 1.807) is 17.8 Å². The van der Waals surface area contributed by atoms with E-state index in [9.17, 15) is 9.90 Å². The number of H-pyrrole nitrogens is 1. The fraction of sp³-hybridized carbons (Fsp3) is 0.533. The van der Waals surface area contributed by atoms with Crippen LogP contribution in [0.2, 0.25) is 0 Å². The highest BCUT2D eigenvalue weighted by Gasteiger charge is 2.16. The molecule has 3 heterocycles. The van der Waals surface area contributed by atoms with Crippen molar-refractivity contribution in [2.75, 3.05) is 31.5 Å². The number of pyridine rings is 1. The van der Waals surface area contributed by atoms with Gasteiger partial charge in [-0.1, -0.05) is 0 Å². The number of hydrogen-bond donors (Lipinski definition) is 3. The standard InChI is InChI=1S/C15H22N4O2/c1-18-10-13(12-2-5-17-14(12)15(18)21)16-6-9-19-7-3-11(20)4-8-19/h2,5,10-11,16-17,20H,3-4,6-9H2,1H3. The molecule has 6 nitrogen and oxygen atoms in total. The van der Waals surface area contributed by atoms with Crippen LogP contribution in [-0.4, -0.2) is 51.8 Å². The van der Waals surface area contributed by atoms with Crippen LogP contribution >= 0.6 is 0 Å². The summed E-state index contributed by atoms with van der Waals surface area (Å²) in [6, 6.07) is 1.93. The van der Waals surface area contributed by atoms with Crippen LogP contribution in [0.1, 0.15) is 12.8 Å². The first-order valence-electron chi connectivity index (χ1n) is 7.46. The van der Waals surface area contributed by atoms with Crippen LogP contribution in [0.4, 0.5) is 5.69 Å². The molecule has 3 N–H and O–H groups in total. The van der Waals surface area contributed by atoms with Gasteiger partial charge in [-0.2, -0.15) is 0 Å². The average molecular weight is 290 g/mol. The van der Waals surface area contributed by atoms with E-state index in [0.717, 1.165) is 50.1 Å². The molecule has 0 aromatic carbocycles. The Bertz CT molecular complexity index is 668. The topological polar surface area (TPSA) is 73.3 Å². The number of aromatic nitrogens is 2. The molecule has 3 rings (SSSR count). The van der Waals surface area contributed by atoms with Gasteiger partial charge in [0.25, 0.3) is 5.56 Å². The predicted octanol–water partition coefficient (Wildman–Crippen LogP) is 0.735. The van der Waals surface area contributed by atoms with Crippen LogP contribution in [0, 0.1) is 0 Å². The number of likely N-dealkylation sites (tertiary alicyclic amines) is 1. The van der Waals surface area contributed by atoms with E-state index >= 15 is 0 Å². The highest BCUT2D eigenvalue weighted by Crippen LogP contribution is 2.19. The first-order chi connectivity index (χ1) is 10.1. The molecule has 114 valence electrons. The lowest BCUT2D eigenvalue weighted by atomic mass is 10.1. The normalized spacial score (nSPS) is 17.4. The second-order valence-corrected chi connectivity index (χ2v) is 5.72. The number of piperidine rings is 1. The molecule has 0 saturated carbocycles. The smallest absolute Gasteiger partial charge is 0.274 e. The van der Waals surface area contributed by atoms with Crippen molar-refractivity contribution in [2.45, 2.75) is 18.9 Å². The van der Waals surface area contributed by atoms with Gasteiger partial charge in [0.15, 0.2) is 0 Å². The highest BCUT2D eigenvalue weighted by atomic mass is 16.3. The maximum absolute atomic E-state index is 12.0. The molecule has 0 bridgehead atoms. The summed E-state index contributed by atoms with van der Waals surface area (Å²) in [5.41, 5.74) is 1.61. The SMILES string of the molecule is Cn1cc(NCCN2CCC(O)CC2)c2cc[nH]c2c1=O. The van der Waals surface area contributed by atoms with E-state index in [2.05, 4.69) is 15.2 Å². The lowest BCUT2D eigenvalue weighted by molar-refractivity contribution is 0.0845. The van der Waals surface area contributed by atoms with Gasteiger partial charge >= 0.3 is 0 Å². The van der Waals surface area contributed by atoms with Crippen molar-refractivity contribution in [1.82, 2.24) is 14.5 Å². The number of nitrogens with one attached hydrogen (secondary N) is 2. The summed E-state index contributed by atoms with van der Waals surface area (Å²) < 4.78 is 1.60. The molecule has 0 radical (unpaired) electrons. The fourth-order valence-electron chi connectivity index (χ4n) is 2.90.